The quantitative estimate of drug-likeness (QED) is 0.753. The summed E-state index contributed by atoms with van der Waals surface area (Å²) in [6.07, 6.45) is 4.26. The summed E-state index contributed by atoms with van der Waals surface area (Å²) in [7, 11) is -1.72. The number of anilines is 1. The van der Waals surface area contributed by atoms with Crippen LogP contribution < -0.4 is 9.46 Å². The van der Waals surface area contributed by atoms with Crippen LogP contribution in [0, 0.1) is 5.92 Å². The van der Waals surface area contributed by atoms with Crippen molar-refractivity contribution in [1.29, 1.82) is 0 Å². The third-order valence-corrected chi connectivity index (χ3v) is 5.90. The summed E-state index contributed by atoms with van der Waals surface area (Å²) < 4.78 is 30.8. The number of para-hydroxylation sites is 1. The highest BCUT2D eigenvalue weighted by molar-refractivity contribution is 7.92. The van der Waals surface area contributed by atoms with E-state index in [1.165, 1.54) is 5.56 Å². The zero-order valence-electron chi connectivity index (χ0n) is 16.9. The molecule has 1 saturated heterocycles. The smallest absolute Gasteiger partial charge is 0.229 e. The molecule has 2 aromatic rings. The fraction of sp³-hybridized carbons (Fsp3) is 0.409. The maximum absolute atomic E-state index is 12.8. The van der Waals surface area contributed by atoms with Crippen molar-refractivity contribution in [3.63, 3.8) is 0 Å². The van der Waals surface area contributed by atoms with Gasteiger partial charge in [-0.15, -0.1) is 0 Å². The number of carbonyl (C=O) groups excluding carboxylic acids is 1. The molecule has 1 amide bonds. The molecule has 0 aliphatic carbocycles. The minimum absolute atomic E-state index is 0.0376. The Kier molecular flexibility index (Phi) is 6.79. The molecule has 156 valence electrons. The number of carbonyl (C=O) groups is 1. The molecule has 0 spiro atoms. The van der Waals surface area contributed by atoms with E-state index in [4.69, 9.17) is 4.74 Å². The van der Waals surface area contributed by atoms with Crippen molar-refractivity contribution in [2.45, 2.75) is 25.7 Å². The van der Waals surface area contributed by atoms with Crippen molar-refractivity contribution in [2.24, 2.45) is 5.92 Å². The lowest BCUT2D eigenvalue weighted by Crippen LogP contribution is -2.39. The Labute approximate surface area is 172 Å². The normalized spacial score (nSPS) is 15.2. The molecule has 0 aromatic heterocycles. The molecule has 1 N–H and O–H groups in total. The maximum Gasteiger partial charge on any atom is 0.229 e. The Bertz CT molecular complexity index is 934. The van der Waals surface area contributed by atoms with E-state index >= 15 is 0 Å². The van der Waals surface area contributed by atoms with E-state index in [0.29, 0.717) is 17.2 Å². The fourth-order valence-electron chi connectivity index (χ4n) is 3.73. The van der Waals surface area contributed by atoms with Gasteiger partial charge in [-0.3, -0.25) is 9.52 Å². The lowest BCUT2D eigenvalue weighted by atomic mass is 9.90. The zero-order valence-corrected chi connectivity index (χ0v) is 17.7. The summed E-state index contributed by atoms with van der Waals surface area (Å²) >= 11 is 0. The van der Waals surface area contributed by atoms with Crippen molar-refractivity contribution >= 4 is 21.6 Å². The van der Waals surface area contributed by atoms with Crippen LogP contribution in [0.1, 0.15) is 24.0 Å². The van der Waals surface area contributed by atoms with Gasteiger partial charge in [-0.1, -0.05) is 30.3 Å². The molecular weight excluding hydrogens is 388 g/mol. The molecular formula is C22H28N2O4S. The SMILES string of the molecule is COc1ccc(CC2CCN(C(=O)Cc3ccccc3NS(C)(=O)=O)CC2)cc1. The number of nitrogens with zero attached hydrogens (tertiary/aromatic N) is 1. The lowest BCUT2D eigenvalue weighted by molar-refractivity contribution is -0.131. The standard InChI is InChI=1S/C22H28N2O4S/c1-28-20-9-7-17(8-10-20)15-18-11-13-24(14-12-18)22(25)16-19-5-3-4-6-21(19)23-29(2,26)27/h3-10,18,23H,11-16H2,1-2H3. The number of nitrogens with one attached hydrogen (secondary N) is 1. The average Bonchev–Trinajstić information content (AvgIpc) is 2.69. The Morgan fingerprint density at radius 2 is 1.76 bits per heavy atom. The van der Waals surface area contributed by atoms with Crippen molar-refractivity contribution in [3.05, 3.63) is 59.7 Å². The van der Waals surface area contributed by atoms with Crippen LogP contribution in [0.4, 0.5) is 5.69 Å². The van der Waals surface area contributed by atoms with Gasteiger partial charge >= 0.3 is 0 Å². The van der Waals surface area contributed by atoms with Gasteiger partial charge in [-0.2, -0.15) is 0 Å². The number of ether oxygens (including phenoxy) is 1. The topological polar surface area (TPSA) is 75.7 Å². The number of likely N-dealkylation sites (tertiary alicyclic amines) is 1. The van der Waals surface area contributed by atoms with Crippen molar-refractivity contribution in [2.75, 3.05) is 31.2 Å². The molecule has 0 bridgehead atoms. The molecule has 2 aromatic carbocycles. The van der Waals surface area contributed by atoms with E-state index in [1.807, 2.05) is 23.1 Å². The van der Waals surface area contributed by atoms with Crippen LogP contribution in [0.15, 0.2) is 48.5 Å². The molecule has 1 heterocycles. The predicted molar refractivity (Wildman–Crippen MR) is 115 cm³/mol. The second-order valence-electron chi connectivity index (χ2n) is 7.58. The fourth-order valence-corrected chi connectivity index (χ4v) is 4.33. The van der Waals surface area contributed by atoms with Gasteiger partial charge in [0, 0.05) is 13.1 Å². The van der Waals surface area contributed by atoms with Gasteiger partial charge in [0.15, 0.2) is 0 Å². The third kappa shape index (κ3) is 6.22. The Morgan fingerprint density at radius 3 is 2.38 bits per heavy atom. The van der Waals surface area contributed by atoms with Gasteiger partial charge in [0.25, 0.3) is 0 Å². The number of sulfonamides is 1. The van der Waals surface area contributed by atoms with Gasteiger partial charge < -0.3 is 9.64 Å². The number of piperidine rings is 1. The summed E-state index contributed by atoms with van der Waals surface area (Å²) in [5.41, 5.74) is 2.46. The molecule has 1 aliphatic rings. The molecule has 0 atom stereocenters. The molecule has 1 aliphatic heterocycles. The van der Waals surface area contributed by atoms with E-state index in [1.54, 1.807) is 25.3 Å². The first-order valence-electron chi connectivity index (χ1n) is 9.80. The van der Waals surface area contributed by atoms with Crippen molar-refractivity contribution < 1.29 is 17.9 Å². The first kappa shape index (κ1) is 21.2. The highest BCUT2D eigenvalue weighted by atomic mass is 32.2. The monoisotopic (exact) mass is 416 g/mol. The number of methoxy groups -OCH3 is 1. The van der Waals surface area contributed by atoms with Gasteiger partial charge in [-0.25, -0.2) is 8.42 Å². The third-order valence-electron chi connectivity index (χ3n) is 5.31. The molecule has 0 unspecified atom stereocenters. The number of hydrogen-bond acceptors (Lipinski definition) is 4. The van der Waals surface area contributed by atoms with Gasteiger partial charge in [0.1, 0.15) is 5.75 Å². The van der Waals surface area contributed by atoms with E-state index < -0.39 is 10.0 Å². The highest BCUT2D eigenvalue weighted by Gasteiger charge is 2.23. The first-order valence-corrected chi connectivity index (χ1v) is 11.7. The second-order valence-corrected chi connectivity index (χ2v) is 9.33. The van der Waals surface area contributed by atoms with Crippen LogP contribution in [0.3, 0.4) is 0 Å². The molecule has 29 heavy (non-hydrogen) atoms. The summed E-state index contributed by atoms with van der Waals surface area (Å²) in [4.78, 5) is 14.6. The van der Waals surface area contributed by atoms with Gasteiger partial charge in [0.05, 0.1) is 25.5 Å². The second kappa shape index (κ2) is 9.31. The molecule has 0 radical (unpaired) electrons. The highest BCUT2D eigenvalue weighted by Crippen LogP contribution is 2.24. The molecule has 3 rings (SSSR count). The molecule has 1 fully saturated rings. The van der Waals surface area contributed by atoms with Crippen LogP contribution in [0.25, 0.3) is 0 Å². The van der Waals surface area contributed by atoms with Crippen LogP contribution in [-0.4, -0.2) is 45.7 Å². The first-order chi connectivity index (χ1) is 13.8. The largest absolute Gasteiger partial charge is 0.497 e. The summed E-state index contributed by atoms with van der Waals surface area (Å²) in [5, 5.41) is 0. The predicted octanol–water partition coefficient (Wildman–Crippen LogP) is 3.09. The zero-order chi connectivity index (χ0) is 20.9. The summed E-state index contributed by atoms with van der Waals surface area (Å²) in [6, 6.07) is 15.2. The number of amides is 1. The molecule has 0 saturated carbocycles. The van der Waals surface area contributed by atoms with Crippen molar-refractivity contribution in [3.8, 4) is 5.75 Å². The Morgan fingerprint density at radius 1 is 1.10 bits per heavy atom. The van der Waals surface area contributed by atoms with E-state index in [9.17, 15) is 13.2 Å². The van der Waals surface area contributed by atoms with Gasteiger partial charge in [-0.05, 0) is 54.5 Å². The number of benzene rings is 2. The Hall–Kier alpha value is -2.54. The van der Waals surface area contributed by atoms with Crippen LogP contribution in [-0.2, 0) is 27.7 Å². The Balaban J connectivity index is 1.54. The van der Waals surface area contributed by atoms with Crippen molar-refractivity contribution in [1.82, 2.24) is 4.90 Å². The summed E-state index contributed by atoms with van der Waals surface area (Å²) in [6.45, 7) is 1.47. The van der Waals surface area contributed by atoms with E-state index in [0.717, 1.165) is 44.4 Å². The minimum Gasteiger partial charge on any atom is -0.497 e. The maximum atomic E-state index is 12.8. The molecule has 7 heteroatoms. The summed E-state index contributed by atoms with van der Waals surface area (Å²) in [5.74, 6) is 1.46. The van der Waals surface area contributed by atoms with E-state index in [-0.39, 0.29) is 12.3 Å². The average molecular weight is 417 g/mol. The van der Waals surface area contributed by atoms with Crippen LogP contribution >= 0.6 is 0 Å². The van der Waals surface area contributed by atoms with Crippen LogP contribution in [0.2, 0.25) is 0 Å². The number of hydrogen-bond donors (Lipinski definition) is 1. The molecule has 6 nitrogen and oxygen atoms in total. The van der Waals surface area contributed by atoms with E-state index in [2.05, 4.69) is 16.9 Å². The minimum atomic E-state index is -3.38. The number of rotatable bonds is 7. The lowest BCUT2D eigenvalue weighted by Gasteiger charge is -2.32. The van der Waals surface area contributed by atoms with Crippen LogP contribution in [0.5, 0.6) is 5.75 Å². The van der Waals surface area contributed by atoms with Gasteiger partial charge in [0.2, 0.25) is 15.9 Å².